The fourth-order valence-electron chi connectivity index (χ4n) is 4.14. The maximum atomic E-state index is 6.59. The number of rotatable bonds is 5. The van der Waals surface area contributed by atoms with Crippen LogP contribution in [0.3, 0.4) is 0 Å². The SMILES string of the molecule is CCc1cccc(N2CCN(CCC3CCC(N)CC3)CC2)c1Cl. The molecule has 1 heterocycles. The summed E-state index contributed by atoms with van der Waals surface area (Å²) in [6, 6.07) is 6.91. The van der Waals surface area contributed by atoms with Gasteiger partial charge in [0.05, 0.1) is 10.7 Å². The number of nitrogens with two attached hydrogens (primary N) is 1. The van der Waals surface area contributed by atoms with Gasteiger partial charge in [-0.25, -0.2) is 0 Å². The van der Waals surface area contributed by atoms with Crippen LogP contribution in [0.5, 0.6) is 0 Å². The Kier molecular flexibility index (Phi) is 6.43. The van der Waals surface area contributed by atoms with Crippen LogP contribution in [0, 0.1) is 5.92 Å². The van der Waals surface area contributed by atoms with Gasteiger partial charge in [0.1, 0.15) is 0 Å². The van der Waals surface area contributed by atoms with E-state index in [0.29, 0.717) is 6.04 Å². The smallest absolute Gasteiger partial charge is 0.0671 e. The molecule has 0 atom stereocenters. The molecule has 0 amide bonds. The van der Waals surface area contributed by atoms with Crippen molar-refractivity contribution < 1.29 is 0 Å². The Morgan fingerprint density at radius 2 is 1.79 bits per heavy atom. The van der Waals surface area contributed by atoms with E-state index in [0.717, 1.165) is 43.5 Å². The molecule has 2 fully saturated rings. The minimum atomic E-state index is 0.466. The second kappa shape index (κ2) is 8.55. The molecule has 1 aromatic carbocycles. The zero-order chi connectivity index (χ0) is 16.9. The van der Waals surface area contributed by atoms with E-state index in [1.54, 1.807) is 0 Å². The summed E-state index contributed by atoms with van der Waals surface area (Å²) < 4.78 is 0. The number of aryl methyl sites for hydroxylation is 1. The molecule has 134 valence electrons. The number of benzene rings is 1. The third kappa shape index (κ3) is 4.44. The Bertz CT molecular complexity index is 518. The first kappa shape index (κ1) is 18.0. The van der Waals surface area contributed by atoms with Crippen LogP contribution in [0.2, 0.25) is 5.02 Å². The molecule has 0 bridgehead atoms. The quantitative estimate of drug-likeness (QED) is 0.874. The molecule has 4 heteroatoms. The summed E-state index contributed by atoms with van der Waals surface area (Å²) in [4.78, 5) is 5.08. The summed E-state index contributed by atoms with van der Waals surface area (Å²) in [6.07, 6.45) is 7.47. The van der Waals surface area contributed by atoms with Crippen molar-refractivity contribution in [1.29, 1.82) is 0 Å². The Morgan fingerprint density at radius 1 is 1.08 bits per heavy atom. The molecule has 1 saturated carbocycles. The van der Waals surface area contributed by atoms with E-state index in [-0.39, 0.29) is 0 Å². The van der Waals surface area contributed by atoms with Gasteiger partial charge in [0, 0.05) is 32.2 Å². The van der Waals surface area contributed by atoms with Crippen molar-refractivity contribution in [1.82, 2.24) is 4.90 Å². The first-order valence-electron chi connectivity index (χ1n) is 9.67. The average Bonchev–Trinajstić information content (AvgIpc) is 2.62. The minimum absolute atomic E-state index is 0.466. The standard InChI is InChI=1S/C20H32ClN3/c1-2-17-4-3-5-19(20(17)21)24-14-12-23(13-15-24)11-10-16-6-8-18(22)9-7-16/h3-5,16,18H,2,6-15,22H2,1H3. The Labute approximate surface area is 152 Å². The van der Waals surface area contributed by atoms with Crippen LogP contribution in [-0.2, 0) is 6.42 Å². The van der Waals surface area contributed by atoms with Gasteiger partial charge in [-0.15, -0.1) is 0 Å². The summed E-state index contributed by atoms with van der Waals surface area (Å²) in [5.74, 6) is 0.901. The van der Waals surface area contributed by atoms with E-state index in [2.05, 4.69) is 34.9 Å². The van der Waals surface area contributed by atoms with E-state index in [1.165, 1.54) is 49.9 Å². The molecule has 1 saturated heterocycles. The largest absolute Gasteiger partial charge is 0.368 e. The van der Waals surface area contributed by atoms with Crippen molar-refractivity contribution in [3.63, 3.8) is 0 Å². The number of hydrogen-bond acceptors (Lipinski definition) is 3. The van der Waals surface area contributed by atoms with Crippen molar-refractivity contribution in [2.75, 3.05) is 37.6 Å². The van der Waals surface area contributed by atoms with Gasteiger partial charge in [0.25, 0.3) is 0 Å². The van der Waals surface area contributed by atoms with Crippen LogP contribution >= 0.6 is 11.6 Å². The second-order valence-corrected chi connectivity index (χ2v) is 7.88. The van der Waals surface area contributed by atoms with Crippen LogP contribution in [0.15, 0.2) is 18.2 Å². The predicted molar refractivity (Wildman–Crippen MR) is 104 cm³/mol. The van der Waals surface area contributed by atoms with Crippen molar-refractivity contribution in [2.24, 2.45) is 11.7 Å². The highest BCUT2D eigenvalue weighted by Gasteiger charge is 2.22. The third-order valence-corrected chi connectivity index (χ3v) is 6.33. The lowest BCUT2D eigenvalue weighted by Gasteiger charge is -2.37. The Hall–Kier alpha value is -0.770. The van der Waals surface area contributed by atoms with Crippen LogP contribution in [0.25, 0.3) is 0 Å². The van der Waals surface area contributed by atoms with E-state index < -0.39 is 0 Å². The lowest BCUT2D eigenvalue weighted by molar-refractivity contribution is 0.217. The molecule has 2 aliphatic rings. The van der Waals surface area contributed by atoms with Crippen LogP contribution in [0.4, 0.5) is 5.69 Å². The van der Waals surface area contributed by atoms with Gasteiger partial charge >= 0.3 is 0 Å². The lowest BCUT2D eigenvalue weighted by atomic mass is 9.84. The molecule has 1 aliphatic heterocycles. The first-order valence-corrected chi connectivity index (χ1v) is 10.1. The summed E-state index contributed by atoms with van der Waals surface area (Å²) in [7, 11) is 0. The molecule has 0 spiro atoms. The second-order valence-electron chi connectivity index (χ2n) is 7.50. The van der Waals surface area contributed by atoms with Gasteiger partial charge in [-0.05, 0) is 62.6 Å². The van der Waals surface area contributed by atoms with E-state index >= 15 is 0 Å². The van der Waals surface area contributed by atoms with Crippen LogP contribution < -0.4 is 10.6 Å². The molecule has 2 N–H and O–H groups in total. The predicted octanol–water partition coefficient (Wildman–Crippen LogP) is 3.93. The number of piperazine rings is 1. The summed E-state index contributed by atoms with van der Waals surface area (Å²) in [5.41, 5.74) is 8.49. The maximum absolute atomic E-state index is 6.59. The number of hydrogen-bond donors (Lipinski definition) is 1. The highest BCUT2D eigenvalue weighted by molar-refractivity contribution is 6.34. The molecular formula is C20H32ClN3. The van der Waals surface area contributed by atoms with E-state index in [4.69, 9.17) is 17.3 Å². The monoisotopic (exact) mass is 349 g/mol. The highest BCUT2D eigenvalue weighted by atomic mass is 35.5. The Balaban J connectivity index is 1.46. The van der Waals surface area contributed by atoms with Crippen molar-refractivity contribution in [3.8, 4) is 0 Å². The van der Waals surface area contributed by atoms with E-state index in [1.807, 2.05) is 0 Å². The number of halogens is 1. The minimum Gasteiger partial charge on any atom is -0.368 e. The first-order chi connectivity index (χ1) is 11.7. The van der Waals surface area contributed by atoms with Crippen LogP contribution in [0.1, 0.15) is 44.6 Å². The van der Waals surface area contributed by atoms with Crippen molar-refractivity contribution in [3.05, 3.63) is 28.8 Å². The topological polar surface area (TPSA) is 32.5 Å². The van der Waals surface area contributed by atoms with Gasteiger partial charge < -0.3 is 10.6 Å². The van der Waals surface area contributed by atoms with Crippen LogP contribution in [-0.4, -0.2) is 43.7 Å². The fraction of sp³-hybridized carbons (Fsp3) is 0.700. The van der Waals surface area contributed by atoms with Gasteiger partial charge in [-0.2, -0.15) is 0 Å². The van der Waals surface area contributed by atoms with Gasteiger partial charge in [-0.3, -0.25) is 4.90 Å². The van der Waals surface area contributed by atoms with Gasteiger partial charge in [-0.1, -0.05) is 30.7 Å². The number of anilines is 1. The molecule has 24 heavy (non-hydrogen) atoms. The highest BCUT2D eigenvalue weighted by Crippen LogP contribution is 2.31. The summed E-state index contributed by atoms with van der Waals surface area (Å²) in [6.45, 7) is 7.89. The van der Waals surface area contributed by atoms with E-state index in [9.17, 15) is 0 Å². The maximum Gasteiger partial charge on any atom is 0.0671 e. The Morgan fingerprint density at radius 3 is 2.46 bits per heavy atom. The lowest BCUT2D eigenvalue weighted by Crippen LogP contribution is -2.47. The molecule has 0 aromatic heterocycles. The summed E-state index contributed by atoms with van der Waals surface area (Å²) in [5, 5.41) is 0.951. The normalized spacial score (nSPS) is 25.9. The van der Waals surface area contributed by atoms with Crippen molar-refractivity contribution in [2.45, 2.75) is 51.5 Å². The molecule has 1 aromatic rings. The molecule has 0 unspecified atom stereocenters. The van der Waals surface area contributed by atoms with Crippen molar-refractivity contribution >= 4 is 17.3 Å². The molecular weight excluding hydrogens is 318 g/mol. The molecule has 3 rings (SSSR count). The summed E-state index contributed by atoms with van der Waals surface area (Å²) >= 11 is 6.59. The molecule has 0 radical (unpaired) electrons. The number of nitrogens with zero attached hydrogens (tertiary/aromatic N) is 2. The third-order valence-electron chi connectivity index (χ3n) is 5.90. The molecule has 1 aliphatic carbocycles. The zero-order valence-electron chi connectivity index (χ0n) is 15.0. The molecule has 3 nitrogen and oxygen atoms in total. The van der Waals surface area contributed by atoms with Gasteiger partial charge in [0.2, 0.25) is 0 Å². The zero-order valence-corrected chi connectivity index (χ0v) is 15.8. The fourth-order valence-corrected chi connectivity index (χ4v) is 4.52. The van der Waals surface area contributed by atoms with Gasteiger partial charge in [0.15, 0.2) is 0 Å². The average molecular weight is 350 g/mol.